The first-order valence-electron chi connectivity index (χ1n) is 10.1. The maximum atomic E-state index is 12.9. The molecule has 2 aromatic rings. The van der Waals surface area contributed by atoms with E-state index in [1.807, 2.05) is 6.07 Å². The van der Waals surface area contributed by atoms with Gasteiger partial charge in [-0.05, 0) is 48.4 Å². The van der Waals surface area contributed by atoms with Crippen molar-refractivity contribution in [1.82, 2.24) is 0 Å². The lowest BCUT2D eigenvalue weighted by molar-refractivity contribution is 0.0600. The van der Waals surface area contributed by atoms with Crippen LogP contribution in [-0.2, 0) is 9.47 Å². The molecule has 0 bridgehead atoms. The molecule has 1 fully saturated rings. The number of morpholine rings is 1. The molecule has 1 aliphatic rings. The van der Waals surface area contributed by atoms with Crippen LogP contribution in [0.3, 0.4) is 0 Å². The van der Waals surface area contributed by atoms with Crippen LogP contribution in [0.25, 0.3) is 0 Å². The third kappa shape index (κ3) is 5.51. The lowest BCUT2D eigenvalue weighted by atomic mass is 10.1. The van der Waals surface area contributed by atoms with E-state index < -0.39 is 5.97 Å². The van der Waals surface area contributed by atoms with Gasteiger partial charge in [-0.2, -0.15) is 0 Å². The number of esters is 1. The fourth-order valence-electron chi connectivity index (χ4n) is 3.12. The molecule has 7 nitrogen and oxygen atoms in total. The Bertz CT molecular complexity index is 874. The molecule has 0 radical (unpaired) electrons. The zero-order chi connectivity index (χ0) is 21.5. The predicted octanol–water partition coefficient (Wildman–Crippen LogP) is 3.60. The van der Waals surface area contributed by atoms with Crippen LogP contribution >= 0.6 is 0 Å². The molecular formula is C23H28N2O5. The van der Waals surface area contributed by atoms with Gasteiger partial charge in [-0.15, -0.1) is 0 Å². The number of ether oxygens (including phenoxy) is 3. The van der Waals surface area contributed by atoms with Gasteiger partial charge in [0, 0.05) is 18.7 Å². The maximum Gasteiger partial charge on any atom is 0.337 e. The molecule has 0 aliphatic carbocycles. The van der Waals surface area contributed by atoms with Gasteiger partial charge in [-0.25, -0.2) is 4.79 Å². The molecule has 1 saturated heterocycles. The lowest BCUT2D eigenvalue weighted by Crippen LogP contribution is -2.36. The van der Waals surface area contributed by atoms with Gasteiger partial charge in [0.15, 0.2) is 0 Å². The van der Waals surface area contributed by atoms with E-state index in [1.54, 1.807) is 36.4 Å². The van der Waals surface area contributed by atoms with E-state index in [1.165, 1.54) is 7.11 Å². The van der Waals surface area contributed by atoms with Crippen LogP contribution in [0.5, 0.6) is 5.75 Å². The fraction of sp³-hybridized carbons (Fsp3) is 0.391. The molecule has 0 aromatic heterocycles. The van der Waals surface area contributed by atoms with Crippen molar-refractivity contribution >= 4 is 23.3 Å². The quantitative estimate of drug-likeness (QED) is 0.701. The first kappa shape index (κ1) is 21.6. The Morgan fingerprint density at radius 1 is 1.07 bits per heavy atom. The van der Waals surface area contributed by atoms with E-state index in [9.17, 15) is 9.59 Å². The van der Waals surface area contributed by atoms with Crippen LogP contribution in [0.15, 0.2) is 42.5 Å². The Kier molecular flexibility index (Phi) is 7.30. The number of benzene rings is 2. The summed E-state index contributed by atoms with van der Waals surface area (Å²) < 4.78 is 15.9. The summed E-state index contributed by atoms with van der Waals surface area (Å²) in [6.07, 6.45) is 0. The number of rotatable bonds is 7. The highest BCUT2D eigenvalue weighted by Gasteiger charge is 2.19. The fourth-order valence-corrected chi connectivity index (χ4v) is 3.12. The van der Waals surface area contributed by atoms with E-state index in [0.717, 1.165) is 11.4 Å². The van der Waals surface area contributed by atoms with Gasteiger partial charge in [0.25, 0.3) is 5.91 Å². The Hall–Kier alpha value is -3.06. The van der Waals surface area contributed by atoms with Crippen molar-refractivity contribution < 1.29 is 23.8 Å². The van der Waals surface area contributed by atoms with Crippen molar-refractivity contribution in [3.05, 3.63) is 53.6 Å². The molecule has 0 spiro atoms. The highest BCUT2D eigenvalue weighted by Crippen LogP contribution is 2.29. The highest BCUT2D eigenvalue weighted by atomic mass is 16.5. The minimum Gasteiger partial charge on any atom is -0.493 e. The molecule has 1 heterocycles. The van der Waals surface area contributed by atoms with E-state index in [0.29, 0.717) is 55.6 Å². The van der Waals surface area contributed by atoms with Crippen LogP contribution in [-0.4, -0.2) is 51.9 Å². The number of hydrogen-bond acceptors (Lipinski definition) is 6. The smallest absolute Gasteiger partial charge is 0.337 e. The molecule has 0 saturated carbocycles. The van der Waals surface area contributed by atoms with Crippen LogP contribution in [0, 0.1) is 5.92 Å². The minimum atomic E-state index is -0.453. The van der Waals surface area contributed by atoms with Crippen LogP contribution in [0.1, 0.15) is 34.6 Å². The Balaban J connectivity index is 1.80. The number of carbonyl (C=O) groups excluding carboxylic acids is 2. The Morgan fingerprint density at radius 3 is 2.37 bits per heavy atom. The molecule has 1 amide bonds. The monoisotopic (exact) mass is 412 g/mol. The Morgan fingerprint density at radius 2 is 1.73 bits per heavy atom. The second-order valence-electron chi connectivity index (χ2n) is 7.51. The van der Waals surface area contributed by atoms with E-state index in [4.69, 9.17) is 14.2 Å². The summed E-state index contributed by atoms with van der Waals surface area (Å²) in [6, 6.07) is 12.2. The van der Waals surface area contributed by atoms with Crippen molar-refractivity contribution in [2.75, 3.05) is 50.2 Å². The van der Waals surface area contributed by atoms with Gasteiger partial charge < -0.3 is 24.4 Å². The number of hydrogen-bond donors (Lipinski definition) is 1. The first-order valence-corrected chi connectivity index (χ1v) is 10.1. The summed E-state index contributed by atoms with van der Waals surface area (Å²) in [5, 5.41) is 2.94. The summed E-state index contributed by atoms with van der Waals surface area (Å²) in [6.45, 7) is 7.43. The number of carbonyl (C=O) groups is 2. The van der Waals surface area contributed by atoms with Gasteiger partial charge >= 0.3 is 5.97 Å². The molecule has 1 N–H and O–H groups in total. The SMILES string of the molecule is COC(=O)c1ccc(N2CCOCC2)c(NC(=O)c2ccc(OCC(C)C)cc2)c1. The first-order chi connectivity index (χ1) is 14.5. The van der Waals surface area contributed by atoms with E-state index in [2.05, 4.69) is 24.1 Å². The van der Waals surface area contributed by atoms with E-state index >= 15 is 0 Å². The zero-order valence-electron chi connectivity index (χ0n) is 17.6. The van der Waals surface area contributed by atoms with Crippen molar-refractivity contribution in [2.45, 2.75) is 13.8 Å². The summed E-state index contributed by atoms with van der Waals surface area (Å²) in [5.74, 6) is 0.434. The third-order valence-electron chi connectivity index (χ3n) is 4.72. The standard InChI is InChI=1S/C23H28N2O5/c1-16(2)15-30-19-7-4-17(5-8-19)22(26)24-20-14-18(23(27)28-3)6-9-21(20)25-10-12-29-13-11-25/h4-9,14,16H,10-13,15H2,1-3H3,(H,24,26). The number of nitrogens with zero attached hydrogens (tertiary/aromatic N) is 1. The summed E-state index contributed by atoms with van der Waals surface area (Å²) >= 11 is 0. The lowest BCUT2D eigenvalue weighted by Gasteiger charge is -2.30. The van der Waals surface area contributed by atoms with Gasteiger partial charge in [-0.1, -0.05) is 13.8 Å². The van der Waals surface area contributed by atoms with Crippen molar-refractivity contribution in [3.8, 4) is 5.75 Å². The minimum absolute atomic E-state index is 0.262. The van der Waals surface area contributed by atoms with Gasteiger partial charge in [0.2, 0.25) is 0 Å². The van der Waals surface area contributed by atoms with Crippen molar-refractivity contribution in [3.63, 3.8) is 0 Å². The van der Waals surface area contributed by atoms with Gasteiger partial charge in [0.1, 0.15) is 5.75 Å². The second-order valence-corrected chi connectivity index (χ2v) is 7.51. The highest BCUT2D eigenvalue weighted by molar-refractivity contribution is 6.07. The maximum absolute atomic E-state index is 12.9. The topological polar surface area (TPSA) is 77.1 Å². The van der Waals surface area contributed by atoms with Gasteiger partial charge in [0.05, 0.1) is 43.9 Å². The summed E-state index contributed by atoms with van der Waals surface area (Å²) in [4.78, 5) is 27.0. The van der Waals surface area contributed by atoms with Crippen LogP contribution in [0.2, 0.25) is 0 Å². The van der Waals surface area contributed by atoms with Crippen LogP contribution < -0.4 is 15.0 Å². The molecule has 160 valence electrons. The number of amides is 1. The molecule has 7 heteroatoms. The normalized spacial score (nSPS) is 13.8. The predicted molar refractivity (Wildman–Crippen MR) is 116 cm³/mol. The molecule has 0 unspecified atom stereocenters. The third-order valence-corrected chi connectivity index (χ3v) is 4.72. The van der Waals surface area contributed by atoms with Crippen molar-refractivity contribution in [1.29, 1.82) is 0 Å². The average molecular weight is 412 g/mol. The summed E-state index contributed by atoms with van der Waals surface area (Å²) in [5.41, 5.74) is 2.28. The number of methoxy groups -OCH3 is 1. The molecule has 1 aliphatic heterocycles. The number of anilines is 2. The zero-order valence-corrected chi connectivity index (χ0v) is 17.6. The van der Waals surface area contributed by atoms with Crippen LogP contribution in [0.4, 0.5) is 11.4 Å². The molecule has 30 heavy (non-hydrogen) atoms. The largest absolute Gasteiger partial charge is 0.493 e. The second kappa shape index (κ2) is 10.1. The molecule has 3 rings (SSSR count). The van der Waals surface area contributed by atoms with Crippen molar-refractivity contribution in [2.24, 2.45) is 5.92 Å². The number of nitrogens with one attached hydrogen (secondary N) is 1. The van der Waals surface area contributed by atoms with E-state index in [-0.39, 0.29) is 5.91 Å². The van der Waals surface area contributed by atoms with Gasteiger partial charge in [-0.3, -0.25) is 4.79 Å². The molecular weight excluding hydrogens is 384 g/mol. The molecule has 2 aromatic carbocycles. The molecule has 0 atom stereocenters. The average Bonchev–Trinajstić information content (AvgIpc) is 2.78. The Labute approximate surface area is 176 Å². The summed E-state index contributed by atoms with van der Waals surface area (Å²) in [7, 11) is 1.33.